The van der Waals surface area contributed by atoms with E-state index in [2.05, 4.69) is 4.98 Å². The van der Waals surface area contributed by atoms with Gasteiger partial charge in [0.25, 0.3) is 0 Å². The summed E-state index contributed by atoms with van der Waals surface area (Å²) in [6.45, 7) is 1.92. The molecule has 1 saturated carbocycles. The lowest BCUT2D eigenvalue weighted by atomic mass is 9.93. The Morgan fingerprint density at radius 2 is 2.08 bits per heavy atom. The smallest absolute Gasteiger partial charge is 0.233 e. The molecule has 26 heavy (non-hydrogen) atoms. The third-order valence-electron chi connectivity index (χ3n) is 5.43. The van der Waals surface area contributed by atoms with Gasteiger partial charge >= 0.3 is 0 Å². The van der Waals surface area contributed by atoms with Gasteiger partial charge in [-0.1, -0.05) is 18.2 Å². The van der Waals surface area contributed by atoms with Crippen molar-refractivity contribution in [2.75, 3.05) is 13.1 Å². The van der Waals surface area contributed by atoms with Gasteiger partial charge in [0.2, 0.25) is 5.91 Å². The maximum atomic E-state index is 13.2. The Bertz CT molecular complexity index is 759. The van der Waals surface area contributed by atoms with Crippen molar-refractivity contribution in [2.24, 2.45) is 0 Å². The Labute approximate surface area is 153 Å². The Hall–Kier alpha value is -2.27. The topological polar surface area (TPSA) is 42.4 Å². The van der Waals surface area contributed by atoms with Gasteiger partial charge in [-0.05, 0) is 55.0 Å². The number of ether oxygens (including phenoxy) is 1. The third-order valence-corrected chi connectivity index (χ3v) is 5.43. The first-order chi connectivity index (χ1) is 12.7. The quantitative estimate of drug-likeness (QED) is 0.826. The Morgan fingerprint density at radius 3 is 2.77 bits per heavy atom. The van der Waals surface area contributed by atoms with Gasteiger partial charge in [-0.2, -0.15) is 0 Å². The number of carbonyl (C=O) groups is 1. The summed E-state index contributed by atoms with van der Waals surface area (Å²) in [5.41, 5.74) is 1.53. The molecule has 2 aromatic rings. The molecule has 1 amide bonds. The molecule has 0 bridgehead atoms. The van der Waals surface area contributed by atoms with Crippen LogP contribution in [-0.4, -0.2) is 35.0 Å². The summed E-state index contributed by atoms with van der Waals surface area (Å²) in [4.78, 5) is 19.2. The summed E-state index contributed by atoms with van der Waals surface area (Å²) in [6, 6.07) is 10.3. The number of benzene rings is 1. The van der Waals surface area contributed by atoms with Crippen LogP contribution in [0.1, 0.15) is 36.8 Å². The van der Waals surface area contributed by atoms with Crippen LogP contribution < -0.4 is 0 Å². The molecule has 4 rings (SSSR count). The summed E-state index contributed by atoms with van der Waals surface area (Å²) in [7, 11) is 0. The average molecular weight is 354 g/mol. The highest BCUT2D eigenvalue weighted by Gasteiger charge is 2.53. The molecule has 136 valence electrons. The number of likely N-dealkylation sites (tertiary alicyclic amines) is 1. The van der Waals surface area contributed by atoms with Crippen LogP contribution in [0.25, 0.3) is 0 Å². The number of carbonyl (C=O) groups excluding carboxylic acids is 1. The third kappa shape index (κ3) is 3.49. The number of amides is 1. The standard InChI is InChI=1S/C21H23FN2O2/c22-18-7-5-17(6-8-18)21(9-10-21)20(25)24-12-2-4-19(14-24)26-15-16-3-1-11-23-13-16/h1,3,5-8,11,13,19H,2,4,9-10,12,14-15H2/t19-/m0/s1. The van der Waals surface area contributed by atoms with E-state index in [9.17, 15) is 9.18 Å². The van der Waals surface area contributed by atoms with Crippen LogP contribution in [-0.2, 0) is 21.6 Å². The first kappa shape index (κ1) is 17.2. The Kier molecular flexibility index (Phi) is 4.72. The molecule has 1 aliphatic carbocycles. The van der Waals surface area contributed by atoms with E-state index in [0.717, 1.165) is 43.4 Å². The number of rotatable bonds is 5. The van der Waals surface area contributed by atoms with Crippen molar-refractivity contribution in [3.63, 3.8) is 0 Å². The number of piperidine rings is 1. The molecule has 0 radical (unpaired) electrons. The Balaban J connectivity index is 1.39. The largest absolute Gasteiger partial charge is 0.372 e. The molecule has 0 spiro atoms. The first-order valence-electron chi connectivity index (χ1n) is 9.23. The molecule has 0 unspecified atom stereocenters. The van der Waals surface area contributed by atoms with E-state index in [-0.39, 0.29) is 17.8 Å². The fourth-order valence-electron chi connectivity index (χ4n) is 3.78. The number of nitrogens with zero attached hydrogens (tertiary/aromatic N) is 2. The predicted molar refractivity (Wildman–Crippen MR) is 95.9 cm³/mol. The number of aromatic nitrogens is 1. The number of halogens is 1. The average Bonchev–Trinajstić information content (AvgIpc) is 3.49. The SMILES string of the molecule is O=C(N1CCC[C@H](OCc2cccnc2)C1)C1(c2ccc(F)cc2)CC1. The molecule has 1 aromatic carbocycles. The van der Waals surface area contributed by atoms with Crippen LogP contribution in [0.2, 0.25) is 0 Å². The second-order valence-electron chi connectivity index (χ2n) is 7.28. The van der Waals surface area contributed by atoms with Crippen LogP contribution in [0.4, 0.5) is 4.39 Å². The molecule has 1 saturated heterocycles. The Morgan fingerprint density at radius 1 is 1.27 bits per heavy atom. The monoisotopic (exact) mass is 354 g/mol. The van der Waals surface area contributed by atoms with Crippen LogP contribution in [0.3, 0.4) is 0 Å². The van der Waals surface area contributed by atoms with Crippen molar-refractivity contribution in [3.8, 4) is 0 Å². The summed E-state index contributed by atoms with van der Waals surface area (Å²) in [5, 5.41) is 0. The van der Waals surface area contributed by atoms with Crippen molar-refractivity contribution in [1.29, 1.82) is 0 Å². The highest BCUT2D eigenvalue weighted by atomic mass is 19.1. The minimum Gasteiger partial charge on any atom is -0.372 e. The molecule has 1 aliphatic heterocycles. The van der Waals surface area contributed by atoms with Gasteiger partial charge in [-0.3, -0.25) is 9.78 Å². The van der Waals surface area contributed by atoms with Crippen LogP contribution >= 0.6 is 0 Å². The number of hydrogen-bond donors (Lipinski definition) is 0. The molecule has 2 fully saturated rings. The van der Waals surface area contributed by atoms with E-state index in [1.165, 1.54) is 12.1 Å². The van der Waals surface area contributed by atoms with Crippen molar-refractivity contribution in [1.82, 2.24) is 9.88 Å². The van der Waals surface area contributed by atoms with Crippen molar-refractivity contribution in [3.05, 3.63) is 65.7 Å². The fraction of sp³-hybridized carbons (Fsp3) is 0.429. The molecule has 5 heteroatoms. The molecule has 0 N–H and O–H groups in total. The van der Waals surface area contributed by atoms with Crippen molar-refractivity contribution < 1.29 is 13.9 Å². The molecule has 4 nitrogen and oxygen atoms in total. The van der Waals surface area contributed by atoms with E-state index in [1.54, 1.807) is 24.5 Å². The second kappa shape index (κ2) is 7.16. The highest BCUT2D eigenvalue weighted by Crippen LogP contribution is 2.50. The van der Waals surface area contributed by atoms with Crippen LogP contribution in [0, 0.1) is 5.82 Å². The summed E-state index contributed by atoms with van der Waals surface area (Å²) in [5.74, 6) is -0.0994. The van der Waals surface area contributed by atoms with Crippen LogP contribution in [0.15, 0.2) is 48.8 Å². The zero-order valence-electron chi connectivity index (χ0n) is 14.7. The maximum absolute atomic E-state index is 13.2. The van der Waals surface area contributed by atoms with E-state index in [0.29, 0.717) is 13.2 Å². The normalized spacial score (nSPS) is 21.4. The number of pyridine rings is 1. The van der Waals surface area contributed by atoms with Gasteiger partial charge in [0.1, 0.15) is 5.82 Å². The zero-order valence-corrected chi connectivity index (χ0v) is 14.7. The minimum absolute atomic E-state index is 0.0527. The molecule has 2 aliphatic rings. The molecular weight excluding hydrogens is 331 g/mol. The van der Waals surface area contributed by atoms with Gasteiger partial charge in [0.15, 0.2) is 0 Å². The summed E-state index contributed by atoms with van der Waals surface area (Å²) in [6.07, 6.45) is 7.20. The lowest BCUT2D eigenvalue weighted by molar-refractivity contribution is -0.138. The van der Waals surface area contributed by atoms with E-state index >= 15 is 0 Å². The second-order valence-corrected chi connectivity index (χ2v) is 7.28. The molecular formula is C21H23FN2O2. The van der Waals surface area contributed by atoms with E-state index < -0.39 is 5.41 Å². The summed E-state index contributed by atoms with van der Waals surface area (Å²) >= 11 is 0. The van der Waals surface area contributed by atoms with Gasteiger partial charge in [-0.15, -0.1) is 0 Å². The zero-order chi connectivity index (χ0) is 18.0. The van der Waals surface area contributed by atoms with Crippen molar-refractivity contribution in [2.45, 2.75) is 43.8 Å². The minimum atomic E-state index is -0.445. The van der Waals surface area contributed by atoms with Gasteiger partial charge in [0.05, 0.1) is 18.1 Å². The molecule has 1 aromatic heterocycles. The first-order valence-corrected chi connectivity index (χ1v) is 9.23. The lowest BCUT2D eigenvalue weighted by Crippen LogP contribution is -2.47. The molecule has 2 heterocycles. The predicted octanol–water partition coefficient (Wildman–Crippen LogP) is 3.46. The lowest BCUT2D eigenvalue weighted by Gasteiger charge is -2.35. The highest BCUT2D eigenvalue weighted by molar-refractivity contribution is 5.91. The van der Waals surface area contributed by atoms with E-state index in [4.69, 9.17) is 4.74 Å². The summed E-state index contributed by atoms with van der Waals surface area (Å²) < 4.78 is 19.2. The van der Waals surface area contributed by atoms with Gasteiger partial charge < -0.3 is 9.64 Å². The van der Waals surface area contributed by atoms with E-state index in [1.807, 2.05) is 17.0 Å². The molecule has 1 atom stereocenters. The van der Waals surface area contributed by atoms with Crippen molar-refractivity contribution >= 4 is 5.91 Å². The fourth-order valence-corrected chi connectivity index (χ4v) is 3.78. The van der Waals surface area contributed by atoms with Gasteiger partial charge in [-0.25, -0.2) is 4.39 Å². The number of hydrogen-bond acceptors (Lipinski definition) is 3. The maximum Gasteiger partial charge on any atom is 0.233 e. The van der Waals surface area contributed by atoms with Gasteiger partial charge in [0, 0.05) is 25.5 Å². The van der Waals surface area contributed by atoms with Crippen LogP contribution in [0.5, 0.6) is 0 Å².